The van der Waals surface area contributed by atoms with Crippen LogP contribution in [0.5, 0.6) is 5.75 Å². The lowest BCUT2D eigenvalue weighted by Gasteiger charge is -2.09. The molecule has 2 aromatic rings. The highest BCUT2D eigenvalue weighted by Gasteiger charge is 2.10. The summed E-state index contributed by atoms with van der Waals surface area (Å²) in [5, 5.41) is 22.6. The maximum Gasteiger partial charge on any atom is 0.164 e. The zero-order valence-corrected chi connectivity index (χ0v) is 12.4. The Bertz CT molecular complexity index is 718. The van der Waals surface area contributed by atoms with Crippen molar-refractivity contribution >= 4 is 12.0 Å². The Morgan fingerprint density at radius 1 is 1.41 bits per heavy atom. The van der Waals surface area contributed by atoms with E-state index >= 15 is 0 Å². The van der Waals surface area contributed by atoms with Gasteiger partial charge in [0.05, 0.1) is 12.8 Å². The molecular weight excluding hydrogens is 280 g/mol. The molecule has 0 spiro atoms. The number of aromatic nitrogens is 1. The summed E-state index contributed by atoms with van der Waals surface area (Å²) in [4.78, 5) is 4.29. The monoisotopic (exact) mass is 296 g/mol. The number of hydrogen-bond acceptors (Lipinski definition) is 6. The van der Waals surface area contributed by atoms with E-state index in [-0.39, 0.29) is 5.75 Å². The van der Waals surface area contributed by atoms with Crippen LogP contribution < -0.4 is 5.43 Å². The molecule has 1 heterocycles. The van der Waals surface area contributed by atoms with Crippen LogP contribution in [0, 0.1) is 18.3 Å². The zero-order chi connectivity index (χ0) is 15.9. The highest BCUT2D eigenvalue weighted by molar-refractivity contribution is 5.80. The third kappa shape index (κ3) is 3.81. The molecule has 0 saturated heterocycles. The highest BCUT2D eigenvalue weighted by atomic mass is 16.5. The summed E-state index contributed by atoms with van der Waals surface area (Å²) in [6, 6.07) is 10.5. The van der Waals surface area contributed by atoms with Gasteiger partial charge in [-0.15, -0.1) is 0 Å². The molecule has 2 N–H and O–H groups in total. The first-order chi connectivity index (χ1) is 10.6. The maximum atomic E-state index is 9.30. The van der Waals surface area contributed by atoms with E-state index in [1.807, 2.05) is 13.0 Å². The number of hydrazone groups is 1. The number of hydrogen-bond donors (Lipinski definition) is 2. The van der Waals surface area contributed by atoms with Gasteiger partial charge in [0.2, 0.25) is 0 Å². The van der Waals surface area contributed by atoms with Gasteiger partial charge in [0.1, 0.15) is 17.4 Å². The van der Waals surface area contributed by atoms with Crippen LogP contribution in [0.15, 0.2) is 35.4 Å². The Balaban J connectivity index is 2.22. The second-order valence-electron chi connectivity index (χ2n) is 4.65. The molecule has 0 radical (unpaired) electrons. The largest absolute Gasteiger partial charge is 0.508 e. The Labute approximate surface area is 128 Å². The van der Waals surface area contributed by atoms with Gasteiger partial charge in [0.25, 0.3) is 0 Å². The number of aromatic hydroxyl groups is 1. The Morgan fingerprint density at radius 2 is 2.14 bits per heavy atom. The van der Waals surface area contributed by atoms with Crippen molar-refractivity contribution in [2.24, 2.45) is 5.10 Å². The minimum atomic E-state index is 0.196. The summed E-state index contributed by atoms with van der Waals surface area (Å²) in [5.41, 5.74) is 5.55. The number of benzene rings is 1. The van der Waals surface area contributed by atoms with Crippen molar-refractivity contribution in [3.05, 3.63) is 52.7 Å². The van der Waals surface area contributed by atoms with Crippen molar-refractivity contribution < 1.29 is 9.84 Å². The molecule has 0 bridgehead atoms. The molecular formula is C16H16N4O2. The molecule has 0 aliphatic heterocycles. The van der Waals surface area contributed by atoms with E-state index in [0.29, 0.717) is 18.0 Å². The summed E-state index contributed by atoms with van der Waals surface area (Å²) in [6.07, 6.45) is 1.58. The fourth-order valence-electron chi connectivity index (χ4n) is 1.94. The van der Waals surface area contributed by atoms with Gasteiger partial charge in [-0.05, 0) is 42.8 Å². The summed E-state index contributed by atoms with van der Waals surface area (Å²) < 4.78 is 5.10. The average Bonchev–Trinajstić information content (AvgIpc) is 2.49. The second-order valence-corrected chi connectivity index (χ2v) is 4.65. The number of aryl methyl sites for hydroxylation is 1. The molecule has 6 nitrogen and oxygen atoms in total. The van der Waals surface area contributed by atoms with Crippen molar-refractivity contribution in [2.45, 2.75) is 13.5 Å². The molecule has 6 heteroatoms. The molecule has 0 aliphatic rings. The van der Waals surface area contributed by atoms with E-state index in [1.165, 1.54) is 0 Å². The van der Waals surface area contributed by atoms with Gasteiger partial charge in [-0.2, -0.15) is 10.4 Å². The first kappa shape index (κ1) is 15.5. The number of nitrogens with zero attached hydrogens (tertiary/aromatic N) is 3. The lowest BCUT2D eigenvalue weighted by Crippen LogP contribution is -2.03. The van der Waals surface area contributed by atoms with Gasteiger partial charge < -0.3 is 9.84 Å². The van der Waals surface area contributed by atoms with Gasteiger partial charge >= 0.3 is 0 Å². The van der Waals surface area contributed by atoms with Crippen LogP contribution in [0.3, 0.4) is 0 Å². The van der Waals surface area contributed by atoms with E-state index in [0.717, 1.165) is 16.8 Å². The lowest BCUT2D eigenvalue weighted by molar-refractivity contribution is 0.184. The van der Waals surface area contributed by atoms with E-state index in [1.54, 1.807) is 37.6 Å². The molecule has 2 rings (SSSR count). The predicted octanol–water partition coefficient (Wildman–Crippen LogP) is 2.56. The molecule has 0 amide bonds. The topological polar surface area (TPSA) is 90.5 Å². The second kappa shape index (κ2) is 7.20. The molecule has 0 atom stereocenters. The number of anilines is 1. The molecule has 0 unspecified atom stereocenters. The average molecular weight is 296 g/mol. The van der Waals surface area contributed by atoms with Crippen LogP contribution in [-0.2, 0) is 11.3 Å². The maximum absolute atomic E-state index is 9.30. The molecule has 112 valence electrons. The smallest absolute Gasteiger partial charge is 0.164 e. The standard InChI is InChI=1S/C16H16N4O2/c1-11-7-13(10-22-2)15(8-17)16(19-11)20-18-9-12-3-5-14(21)6-4-12/h3-7,9,21H,10H2,1-2H3,(H,19,20)/b18-9+. The van der Waals surface area contributed by atoms with E-state index in [9.17, 15) is 10.4 Å². The molecule has 0 aliphatic carbocycles. The normalized spacial score (nSPS) is 10.6. The predicted molar refractivity (Wildman–Crippen MR) is 83.7 cm³/mol. The number of phenolic OH excluding ortho intramolecular Hbond substituents is 1. The fourth-order valence-corrected chi connectivity index (χ4v) is 1.94. The van der Waals surface area contributed by atoms with Gasteiger partial charge in [-0.3, -0.25) is 5.43 Å². The molecule has 22 heavy (non-hydrogen) atoms. The summed E-state index contributed by atoms with van der Waals surface area (Å²) in [6.45, 7) is 2.18. The quantitative estimate of drug-likeness (QED) is 0.653. The van der Waals surface area contributed by atoms with Crippen molar-refractivity contribution in [1.82, 2.24) is 4.98 Å². The van der Waals surface area contributed by atoms with Crippen LogP contribution in [-0.4, -0.2) is 23.4 Å². The minimum absolute atomic E-state index is 0.196. The van der Waals surface area contributed by atoms with Crippen LogP contribution in [0.25, 0.3) is 0 Å². The number of rotatable bonds is 5. The Hall–Kier alpha value is -2.91. The van der Waals surface area contributed by atoms with Crippen molar-refractivity contribution in [2.75, 3.05) is 12.5 Å². The van der Waals surface area contributed by atoms with Crippen LogP contribution in [0.1, 0.15) is 22.4 Å². The summed E-state index contributed by atoms with van der Waals surface area (Å²) in [7, 11) is 1.58. The SMILES string of the molecule is COCc1cc(C)nc(N/N=C/c2ccc(O)cc2)c1C#N. The Morgan fingerprint density at radius 3 is 2.77 bits per heavy atom. The van der Waals surface area contributed by atoms with Crippen molar-refractivity contribution in [1.29, 1.82) is 5.26 Å². The zero-order valence-electron chi connectivity index (χ0n) is 12.4. The van der Waals surface area contributed by atoms with Crippen LogP contribution in [0.4, 0.5) is 5.82 Å². The third-order valence-electron chi connectivity index (χ3n) is 2.92. The number of methoxy groups -OCH3 is 1. The van der Waals surface area contributed by atoms with Crippen molar-refractivity contribution in [3.8, 4) is 11.8 Å². The van der Waals surface area contributed by atoms with Crippen molar-refractivity contribution in [3.63, 3.8) is 0 Å². The number of nitriles is 1. The number of ether oxygens (including phenoxy) is 1. The summed E-state index contributed by atoms with van der Waals surface area (Å²) >= 11 is 0. The van der Waals surface area contributed by atoms with E-state index in [2.05, 4.69) is 21.6 Å². The van der Waals surface area contributed by atoms with Crippen LogP contribution >= 0.6 is 0 Å². The van der Waals surface area contributed by atoms with E-state index < -0.39 is 0 Å². The molecule has 0 fully saturated rings. The van der Waals surface area contributed by atoms with Gasteiger partial charge in [-0.1, -0.05) is 0 Å². The number of pyridine rings is 1. The number of phenols is 1. The number of nitrogens with one attached hydrogen (secondary N) is 1. The van der Waals surface area contributed by atoms with Gasteiger partial charge in [0.15, 0.2) is 5.82 Å². The highest BCUT2D eigenvalue weighted by Crippen LogP contribution is 2.19. The van der Waals surface area contributed by atoms with Gasteiger partial charge in [0, 0.05) is 18.4 Å². The first-order valence-electron chi connectivity index (χ1n) is 6.61. The third-order valence-corrected chi connectivity index (χ3v) is 2.92. The fraction of sp³-hybridized carbons (Fsp3) is 0.188. The molecule has 0 saturated carbocycles. The van der Waals surface area contributed by atoms with E-state index in [4.69, 9.17) is 4.74 Å². The lowest BCUT2D eigenvalue weighted by atomic mass is 10.1. The molecule has 1 aromatic heterocycles. The minimum Gasteiger partial charge on any atom is -0.508 e. The first-order valence-corrected chi connectivity index (χ1v) is 6.61. The Kier molecular flexibility index (Phi) is 5.07. The van der Waals surface area contributed by atoms with Gasteiger partial charge in [-0.25, -0.2) is 4.98 Å². The molecule has 1 aromatic carbocycles. The van der Waals surface area contributed by atoms with Crippen LogP contribution in [0.2, 0.25) is 0 Å². The summed E-state index contributed by atoms with van der Waals surface area (Å²) in [5.74, 6) is 0.589.